The molecule has 1 unspecified atom stereocenters. The molecule has 0 aromatic carbocycles. The second-order valence-corrected chi connectivity index (χ2v) is 3.07. The van der Waals surface area contributed by atoms with Crippen molar-refractivity contribution < 1.29 is 28.2 Å². The summed E-state index contributed by atoms with van der Waals surface area (Å²) in [5.41, 5.74) is -1.51. The predicted octanol–water partition coefficient (Wildman–Crippen LogP) is 1.09. The third-order valence-electron chi connectivity index (χ3n) is 1.86. The van der Waals surface area contributed by atoms with Gasteiger partial charge in [0.05, 0.1) is 0 Å². The Labute approximate surface area is 88.4 Å². The molecule has 0 fully saturated rings. The summed E-state index contributed by atoms with van der Waals surface area (Å²) in [5, 5.41) is 17.4. The number of aliphatic hydroxyl groups excluding tert-OH is 1. The zero-order valence-corrected chi connectivity index (χ0v) is 7.90. The molecule has 0 aliphatic rings. The molecular formula is C9H8F3NO3. The number of hydrogen-bond acceptors (Lipinski definition) is 3. The normalized spacial score (nSPS) is 13.5. The van der Waals surface area contributed by atoms with Crippen molar-refractivity contribution in [3.8, 4) is 0 Å². The predicted molar refractivity (Wildman–Crippen MR) is 46.6 cm³/mol. The molecule has 1 aromatic heterocycles. The van der Waals surface area contributed by atoms with Crippen molar-refractivity contribution in [3.05, 3.63) is 29.6 Å². The molecule has 88 valence electrons. The van der Waals surface area contributed by atoms with E-state index in [1.54, 1.807) is 0 Å². The molecule has 1 heterocycles. The maximum absolute atomic E-state index is 12.4. The van der Waals surface area contributed by atoms with E-state index < -0.39 is 30.4 Å². The molecule has 0 amide bonds. The van der Waals surface area contributed by atoms with E-state index in [1.165, 1.54) is 6.07 Å². The van der Waals surface area contributed by atoms with Crippen LogP contribution in [0.1, 0.15) is 11.3 Å². The number of aliphatic carboxylic acids is 1. The van der Waals surface area contributed by atoms with Gasteiger partial charge < -0.3 is 10.2 Å². The molecule has 0 aliphatic heterocycles. The lowest BCUT2D eigenvalue weighted by Crippen LogP contribution is -2.24. The van der Waals surface area contributed by atoms with Crippen molar-refractivity contribution in [3.63, 3.8) is 0 Å². The van der Waals surface area contributed by atoms with Crippen LogP contribution < -0.4 is 0 Å². The molecule has 0 radical (unpaired) electrons. The number of aliphatic hydroxyl groups is 1. The van der Waals surface area contributed by atoms with E-state index >= 15 is 0 Å². The van der Waals surface area contributed by atoms with E-state index in [1.807, 2.05) is 0 Å². The molecule has 16 heavy (non-hydrogen) atoms. The summed E-state index contributed by atoms with van der Waals surface area (Å²) in [5.74, 6) is -1.57. The summed E-state index contributed by atoms with van der Waals surface area (Å²) < 4.78 is 37.2. The second-order valence-electron chi connectivity index (χ2n) is 3.07. The third-order valence-corrected chi connectivity index (χ3v) is 1.86. The van der Waals surface area contributed by atoms with Gasteiger partial charge in [-0.1, -0.05) is 6.07 Å². The Morgan fingerprint density at radius 1 is 1.50 bits per heavy atom. The highest BCUT2D eigenvalue weighted by Crippen LogP contribution is 2.30. The van der Waals surface area contributed by atoms with Gasteiger partial charge in [-0.3, -0.25) is 4.98 Å². The first-order chi connectivity index (χ1) is 7.32. The fourth-order valence-corrected chi connectivity index (χ4v) is 1.15. The Hall–Kier alpha value is -1.63. The van der Waals surface area contributed by atoms with E-state index in [0.717, 1.165) is 12.3 Å². The fourth-order valence-electron chi connectivity index (χ4n) is 1.15. The number of carboxylic acid groups (broad SMARTS) is 1. The smallest absolute Gasteiger partial charge is 0.433 e. The molecule has 0 bridgehead atoms. The second kappa shape index (κ2) is 4.48. The van der Waals surface area contributed by atoms with Crippen LogP contribution in [-0.4, -0.2) is 27.3 Å². The molecular weight excluding hydrogens is 227 g/mol. The van der Waals surface area contributed by atoms with Crippen molar-refractivity contribution in [2.45, 2.75) is 18.7 Å². The van der Waals surface area contributed by atoms with Crippen LogP contribution in [-0.2, 0) is 17.4 Å². The fraction of sp³-hybridized carbons (Fsp3) is 0.333. The maximum Gasteiger partial charge on any atom is 0.433 e. The van der Waals surface area contributed by atoms with Crippen molar-refractivity contribution >= 4 is 5.97 Å². The highest BCUT2D eigenvalue weighted by molar-refractivity contribution is 5.72. The van der Waals surface area contributed by atoms with Gasteiger partial charge in [0.25, 0.3) is 0 Å². The molecule has 4 nitrogen and oxygen atoms in total. The van der Waals surface area contributed by atoms with Crippen LogP contribution in [0.2, 0.25) is 0 Å². The Balaban J connectivity index is 3.01. The number of aromatic nitrogens is 1. The highest BCUT2D eigenvalue weighted by Gasteiger charge is 2.35. The van der Waals surface area contributed by atoms with Crippen LogP contribution in [0.3, 0.4) is 0 Å². The minimum Gasteiger partial charge on any atom is -0.479 e. The topological polar surface area (TPSA) is 70.4 Å². The monoisotopic (exact) mass is 235 g/mol. The molecule has 1 rings (SSSR count). The lowest BCUT2D eigenvalue weighted by atomic mass is 10.1. The van der Waals surface area contributed by atoms with Crippen LogP contribution in [0.5, 0.6) is 0 Å². The highest BCUT2D eigenvalue weighted by atomic mass is 19.4. The molecule has 7 heteroatoms. The number of alkyl halides is 3. The zero-order valence-electron chi connectivity index (χ0n) is 7.90. The Kier molecular flexibility index (Phi) is 3.48. The Bertz CT molecular complexity index is 392. The van der Waals surface area contributed by atoms with Gasteiger partial charge in [0.1, 0.15) is 5.69 Å². The quantitative estimate of drug-likeness (QED) is 0.822. The van der Waals surface area contributed by atoms with Gasteiger partial charge in [-0.05, 0) is 11.6 Å². The zero-order chi connectivity index (χ0) is 12.3. The van der Waals surface area contributed by atoms with Crippen LogP contribution in [0.4, 0.5) is 13.2 Å². The van der Waals surface area contributed by atoms with Crippen LogP contribution in [0.15, 0.2) is 18.3 Å². The minimum absolute atomic E-state index is 0.343. The average molecular weight is 235 g/mol. The number of rotatable bonds is 3. The molecule has 0 spiro atoms. The molecule has 0 saturated heterocycles. The summed E-state index contributed by atoms with van der Waals surface area (Å²) in [6.07, 6.45) is -6.20. The first kappa shape index (κ1) is 12.4. The lowest BCUT2D eigenvalue weighted by Gasteiger charge is -2.12. The summed E-state index contributed by atoms with van der Waals surface area (Å²) in [6.45, 7) is 0. The Morgan fingerprint density at radius 3 is 2.62 bits per heavy atom. The minimum atomic E-state index is -4.66. The number of carbonyl (C=O) groups is 1. The van der Waals surface area contributed by atoms with Crippen molar-refractivity contribution in [2.24, 2.45) is 0 Å². The van der Waals surface area contributed by atoms with Gasteiger partial charge in [-0.25, -0.2) is 4.79 Å². The first-order valence-corrected chi connectivity index (χ1v) is 4.24. The summed E-state index contributed by atoms with van der Waals surface area (Å²) in [4.78, 5) is 13.4. The first-order valence-electron chi connectivity index (χ1n) is 4.24. The van der Waals surface area contributed by atoms with Gasteiger partial charge in [0, 0.05) is 12.6 Å². The maximum atomic E-state index is 12.4. The third kappa shape index (κ3) is 2.93. The lowest BCUT2D eigenvalue weighted by molar-refractivity contribution is -0.148. The number of halogens is 3. The number of carboxylic acids is 1. The van der Waals surface area contributed by atoms with Crippen molar-refractivity contribution in [1.29, 1.82) is 0 Å². The van der Waals surface area contributed by atoms with Gasteiger partial charge in [0.2, 0.25) is 0 Å². The van der Waals surface area contributed by atoms with E-state index in [0.29, 0.717) is 0 Å². The molecule has 1 aromatic rings. The summed E-state index contributed by atoms with van der Waals surface area (Å²) in [6, 6.07) is 2.33. The van der Waals surface area contributed by atoms with E-state index in [-0.39, 0.29) is 5.56 Å². The van der Waals surface area contributed by atoms with Gasteiger partial charge in [0.15, 0.2) is 6.10 Å². The van der Waals surface area contributed by atoms with E-state index in [4.69, 9.17) is 10.2 Å². The molecule has 1 atom stereocenters. The van der Waals surface area contributed by atoms with Crippen LogP contribution in [0.25, 0.3) is 0 Å². The standard InChI is InChI=1S/C9H8F3NO3/c10-9(11,12)7-5(2-1-3-13-7)4-6(14)8(15)16/h1-3,6,14H,4H2,(H,15,16). The molecule has 2 N–H and O–H groups in total. The summed E-state index contributed by atoms with van der Waals surface area (Å²) >= 11 is 0. The molecule has 0 aliphatic carbocycles. The van der Waals surface area contributed by atoms with Crippen molar-refractivity contribution in [1.82, 2.24) is 4.98 Å². The van der Waals surface area contributed by atoms with Gasteiger partial charge >= 0.3 is 12.1 Å². The van der Waals surface area contributed by atoms with Gasteiger partial charge in [-0.15, -0.1) is 0 Å². The van der Waals surface area contributed by atoms with Gasteiger partial charge in [-0.2, -0.15) is 13.2 Å². The molecule has 0 saturated carbocycles. The van der Waals surface area contributed by atoms with Crippen LogP contribution >= 0.6 is 0 Å². The summed E-state index contributed by atoms with van der Waals surface area (Å²) in [7, 11) is 0. The van der Waals surface area contributed by atoms with E-state index in [9.17, 15) is 18.0 Å². The largest absolute Gasteiger partial charge is 0.479 e. The SMILES string of the molecule is O=C(O)C(O)Cc1cccnc1C(F)(F)F. The average Bonchev–Trinajstić information content (AvgIpc) is 2.16. The van der Waals surface area contributed by atoms with Crippen molar-refractivity contribution in [2.75, 3.05) is 0 Å². The van der Waals surface area contributed by atoms with Crippen LogP contribution in [0, 0.1) is 0 Å². The number of pyridine rings is 1. The Morgan fingerprint density at radius 2 is 2.12 bits per heavy atom. The van der Waals surface area contributed by atoms with E-state index in [2.05, 4.69) is 4.98 Å². The number of nitrogens with zero attached hydrogens (tertiary/aromatic N) is 1. The number of hydrogen-bond donors (Lipinski definition) is 2.